The van der Waals surface area contributed by atoms with Gasteiger partial charge in [0.2, 0.25) is 5.91 Å². The number of benzene rings is 2. The van der Waals surface area contributed by atoms with Crippen LogP contribution in [0.5, 0.6) is 5.75 Å². The van der Waals surface area contributed by atoms with Crippen molar-refractivity contribution < 1.29 is 14.3 Å². The third-order valence-electron chi connectivity index (χ3n) is 5.14. The first-order chi connectivity index (χ1) is 14.3. The summed E-state index contributed by atoms with van der Waals surface area (Å²) < 4.78 is 6.71. The molecule has 2 aromatic rings. The number of hydrogen-bond donors (Lipinski definition) is 1. The molecule has 0 fully saturated rings. The van der Waals surface area contributed by atoms with Gasteiger partial charge in [0, 0.05) is 17.1 Å². The third-order valence-corrected chi connectivity index (χ3v) is 6.03. The van der Waals surface area contributed by atoms with Crippen LogP contribution in [0.1, 0.15) is 38.3 Å². The SMILES string of the molecule is CC[C@H](C)NC(=O)[C@H](C)N(CCc1ccccc1)C(=O)COc1ccc(Br)c(C)c1. The zero-order chi connectivity index (χ0) is 22.1. The number of nitrogens with zero attached hydrogens (tertiary/aromatic N) is 1. The lowest BCUT2D eigenvalue weighted by Gasteiger charge is -2.29. The van der Waals surface area contributed by atoms with Crippen molar-refractivity contribution in [2.24, 2.45) is 0 Å². The molecule has 0 spiro atoms. The van der Waals surface area contributed by atoms with Gasteiger partial charge in [-0.25, -0.2) is 0 Å². The maximum Gasteiger partial charge on any atom is 0.261 e. The summed E-state index contributed by atoms with van der Waals surface area (Å²) in [4.78, 5) is 27.3. The largest absolute Gasteiger partial charge is 0.484 e. The van der Waals surface area contributed by atoms with Gasteiger partial charge < -0.3 is 15.0 Å². The number of halogens is 1. The molecule has 2 atom stereocenters. The number of amides is 2. The molecule has 0 bridgehead atoms. The predicted molar refractivity (Wildman–Crippen MR) is 124 cm³/mol. The molecule has 2 rings (SSSR count). The van der Waals surface area contributed by atoms with Crippen molar-refractivity contribution in [1.29, 1.82) is 0 Å². The van der Waals surface area contributed by atoms with Gasteiger partial charge in [-0.15, -0.1) is 0 Å². The van der Waals surface area contributed by atoms with E-state index in [-0.39, 0.29) is 24.5 Å². The summed E-state index contributed by atoms with van der Waals surface area (Å²) in [6.07, 6.45) is 1.51. The van der Waals surface area contributed by atoms with Crippen LogP contribution in [-0.4, -0.2) is 41.9 Å². The number of nitrogens with one attached hydrogen (secondary N) is 1. The number of aryl methyl sites for hydroxylation is 1. The lowest BCUT2D eigenvalue weighted by molar-refractivity contribution is -0.141. The Balaban J connectivity index is 2.08. The summed E-state index contributed by atoms with van der Waals surface area (Å²) in [5, 5.41) is 2.97. The number of hydrogen-bond acceptors (Lipinski definition) is 3. The Hall–Kier alpha value is -2.34. The van der Waals surface area contributed by atoms with Crippen LogP contribution >= 0.6 is 15.9 Å². The first kappa shape index (κ1) is 23.9. The van der Waals surface area contributed by atoms with Crippen molar-refractivity contribution in [3.63, 3.8) is 0 Å². The van der Waals surface area contributed by atoms with E-state index < -0.39 is 6.04 Å². The molecule has 162 valence electrons. The second-order valence-electron chi connectivity index (χ2n) is 7.52. The van der Waals surface area contributed by atoms with Gasteiger partial charge in [-0.1, -0.05) is 53.2 Å². The van der Waals surface area contributed by atoms with E-state index in [0.717, 1.165) is 22.0 Å². The summed E-state index contributed by atoms with van der Waals surface area (Å²) in [6, 6.07) is 15.0. The second-order valence-corrected chi connectivity index (χ2v) is 8.37. The van der Waals surface area contributed by atoms with E-state index in [1.165, 1.54) is 0 Å². The van der Waals surface area contributed by atoms with Gasteiger partial charge in [0.1, 0.15) is 11.8 Å². The Labute approximate surface area is 187 Å². The zero-order valence-corrected chi connectivity index (χ0v) is 19.7. The van der Waals surface area contributed by atoms with Crippen LogP contribution in [0.25, 0.3) is 0 Å². The summed E-state index contributed by atoms with van der Waals surface area (Å²) >= 11 is 3.46. The first-order valence-electron chi connectivity index (χ1n) is 10.3. The van der Waals surface area contributed by atoms with Crippen LogP contribution in [0.4, 0.5) is 0 Å². The van der Waals surface area contributed by atoms with Gasteiger partial charge in [-0.3, -0.25) is 9.59 Å². The van der Waals surface area contributed by atoms with Crippen LogP contribution in [0.3, 0.4) is 0 Å². The Morgan fingerprint density at radius 1 is 1.13 bits per heavy atom. The number of rotatable bonds is 10. The topological polar surface area (TPSA) is 58.6 Å². The minimum atomic E-state index is -0.578. The molecule has 0 saturated carbocycles. The van der Waals surface area contributed by atoms with Crippen molar-refractivity contribution in [1.82, 2.24) is 10.2 Å². The molecule has 1 N–H and O–H groups in total. The normalized spacial score (nSPS) is 12.7. The zero-order valence-electron chi connectivity index (χ0n) is 18.2. The highest BCUT2D eigenvalue weighted by molar-refractivity contribution is 9.10. The summed E-state index contributed by atoms with van der Waals surface area (Å²) in [5.74, 6) is 0.271. The Bertz CT molecular complexity index is 842. The van der Waals surface area contributed by atoms with Gasteiger partial charge in [-0.2, -0.15) is 0 Å². The minimum Gasteiger partial charge on any atom is -0.484 e. The highest BCUT2D eigenvalue weighted by Crippen LogP contribution is 2.21. The van der Waals surface area contributed by atoms with Crippen LogP contribution in [0.15, 0.2) is 53.0 Å². The first-order valence-corrected chi connectivity index (χ1v) is 11.1. The van der Waals surface area contributed by atoms with Gasteiger partial charge in [0.05, 0.1) is 0 Å². The van der Waals surface area contributed by atoms with Crippen LogP contribution in [0.2, 0.25) is 0 Å². The quantitative estimate of drug-likeness (QED) is 0.550. The fourth-order valence-corrected chi connectivity index (χ4v) is 3.22. The molecule has 6 heteroatoms. The van der Waals surface area contributed by atoms with Crippen molar-refractivity contribution in [3.8, 4) is 5.75 Å². The van der Waals surface area contributed by atoms with E-state index in [2.05, 4.69) is 21.2 Å². The maximum absolute atomic E-state index is 13.0. The van der Waals surface area contributed by atoms with Gasteiger partial charge in [-0.05, 0) is 62.9 Å². The second kappa shape index (κ2) is 11.7. The highest BCUT2D eigenvalue weighted by Gasteiger charge is 2.26. The maximum atomic E-state index is 13.0. The molecule has 2 aromatic carbocycles. The monoisotopic (exact) mass is 474 g/mol. The average Bonchev–Trinajstić information content (AvgIpc) is 2.75. The van der Waals surface area contributed by atoms with Crippen molar-refractivity contribution in [2.75, 3.05) is 13.2 Å². The molecule has 0 aromatic heterocycles. The third kappa shape index (κ3) is 7.17. The van der Waals surface area contributed by atoms with E-state index in [9.17, 15) is 9.59 Å². The molecule has 0 aliphatic heterocycles. The van der Waals surface area contributed by atoms with Crippen molar-refractivity contribution >= 4 is 27.7 Å². The van der Waals surface area contributed by atoms with Gasteiger partial charge >= 0.3 is 0 Å². The van der Waals surface area contributed by atoms with E-state index in [1.54, 1.807) is 11.8 Å². The Morgan fingerprint density at radius 2 is 1.83 bits per heavy atom. The highest BCUT2D eigenvalue weighted by atomic mass is 79.9. The molecule has 0 radical (unpaired) electrons. The molecular weight excluding hydrogens is 444 g/mol. The Kier molecular flexibility index (Phi) is 9.37. The standard InChI is InChI=1S/C24H31BrN2O3/c1-5-18(3)26-24(29)19(4)27(14-13-20-9-7-6-8-10-20)23(28)16-30-21-11-12-22(25)17(2)15-21/h6-12,15,18-19H,5,13-14,16H2,1-4H3,(H,26,29)/t18-,19-/m0/s1. The fourth-order valence-electron chi connectivity index (χ4n) is 2.97. The van der Waals surface area contributed by atoms with E-state index in [4.69, 9.17) is 4.74 Å². The molecule has 2 amide bonds. The van der Waals surface area contributed by atoms with E-state index in [0.29, 0.717) is 18.7 Å². The summed E-state index contributed by atoms with van der Waals surface area (Å²) in [6.45, 7) is 8.04. The smallest absolute Gasteiger partial charge is 0.261 e. The molecule has 0 heterocycles. The van der Waals surface area contributed by atoms with E-state index in [1.807, 2.05) is 69.3 Å². The molecule has 5 nitrogen and oxygen atoms in total. The summed E-state index contributed by atoms with van der Waals surface area (Å²) in [5.41, 5.74) is 2.15. The van der Waals surface area contributed by atoms with E-state index >= 15 is 0 Å². The van der Waals surface area contributed by atoms with Gasteiger partial charge in [0.25, 0.3) is 5.91 Å². The number of carbonyl (C=O) groups is 2. The Morgan fingerprint density at radius 3 is 2.47 bits per heavy atom. The van der Waals surface area contributed by atoms with Crippen molar-refractivity contribution in [3.05, 3.63) is 64.1 Å². The molecule has 30 heavy (non-hydrogen) atoms. The molecule has 0 aliphatic carbocycles. The number of ether oxygens (including phenoxy) is 1. The lowest BCUT2D eigenvalue weighted by atomic mass is 10.1. The molecule has 0 aliphatic rings. The fraction of sp³-hybridized carbons (Fsp3) is 0.417. The minimum absolute atomic E-state index is 0.0630. The van der Waals surface area contributed by atoms with Crippen LogP contribution in [-0.2, 0) is 16.0 Å². The summed E-state index contributed by atoms with van der Waals surface area (Å²) in [7, 11) is 0. The molecule has 0 unspecified atom stereocenters. The van der Waals surface area contributed by atoms with Gasteiger partial charge in [0.15, 0.2) is 6.61 Å². The lowest BCUT2D eigenvalue weighted by Crippen LogP contribution is -2.51. The molecule has 0 saturated heterocycles. The average molecular weight is 475 g/mol. The van der Waals surface area contributed by atoms with Crippen molar-refractivity contribution in [2.45, 2.75) is 52.6 Å². The molecular formula is C24H31BrN2O3. The van der Waals surface area contributed by atoms with Crippen LogP contribution < -0.4 is 10.1 Å². The number of carbonyl (C=O) groups excluding carboxylic acids is 2. The van der Waals surface area contributed by atoms with Crippen LogP contribution in [0, 0.1) is 6.92 Å². The predicted octanol–water partition coefficient (Wildman–Crippen LogP) is 4.51.